The maximum Gasteiger partial charge on any atom is 0.350 e. The second-order valence-corrected chi connectivity index (χ2v) is 5.74. The molecule has 0 atom stereocenters. The van der Waals surface area contributed by atoms with E-state index in [0.717, 1.165) is 4.90 Å². The number of imide groups is 1. The molecule has 128 valence electrons. The van der Waals surface area contributed by atoms with Crippen molar-refractivity contribution in [3.8, 4) is 11.3 Å². The van der Waals surface area contributed by atoms with Crippen molar-refractivity contribution >= 4 is 35.2 Å². The number of amides is 3. The first-order chi connectivity index (χ1) is 11.9. The summed E-state index contributed by atoms with van der Waals surface area (Å²) in [6, 6.07) is 7.26. The van der Waals surface area contributed by atoms with E-state index in [-0.39, 0.29) is 29.3 Å². The largest absolute Gasteiger partial charge is 0.478 e. The number of carbonyl (C=O) groups is 3. The van der Waals surface area contributed by atoms with Crippen LogP contribution in [0, 0.1) is 0 Å². The molecule has 2 heterocycles. The SMILES string of the molecule is CCN1C(=O)N=C(Cc2ccc(-c3ccc(C(=O)O)c(Cl)c3)o2)C1=O. The average Bonchev–Trinajstić information content (AvgIpc) is 3.12. The molecule has 0 saturated carbocycles. The van der Waals surface area contributed by atoms with Gasteiger partial charge in [0, 0.05) is 12.1 Å². The molecule has 1 aromatic carbocycles. The molecule has 1 aliphatic heterocycles. The topological polar surface area (TPSA) is 100 Å². The lowest BCUT2D eigenvalue weighted by molar-refractivity contribution is -0.120. The molecule has 3 rings (SSSR count). The van der Waals surface area contributed by atoms with Gasteiger partial charge in [0.25, 0.3) is 5.91 Å². The van der Waals surface area contributed by atoms with E-state index in [4.69, 9.17) is 21.1 Å². The van der Waals surface area contributed by atoms with Crippen LogP contribution in [0.4, 0.5) is 4.79 Å². The monoisotopic (exact) mass is 360 g/mol. The zero-order chi connectivity index (χ0) is 18.1. The number of rotatable bonds is 5. The second kappa shape index (κ2) is 6.52. The minimum atomic E-state index is -1.11. The van der Waals surface area contributed by atoms with Crippen molar-refractivity contribution in [3.63, 3.8) is 0 Å². The number of aromatic carboxylic acids is 1. The molecule has 0 radical (unpaired) electrons. The van der Waals surface area contributed by atoms with Crippen LogP contribution in [0.1, 0.15) is 23.0 Å². The van der Waals surface area contributed by atoms with Crippen molar-refractivity contribution in [2.24, 2.45) is 4.99 Å². The van der Waals surface area contributed by atoms with Gasteiger partial charge in [-0.2, -0.15) is 4.99 Å². The Kier molecular flexibility index (Phi) is 4.41. The van der Waals surface area contributed by atoms with Crippen LogP contribution in [-0.4, -0.2) is 40.2 Å². The van der Waals surface area contributed by atoms with Crippen molar-refractivity contribution in [3.05, 3.63) is 46.7 Å². The summed E-state index contributed by atoms with van der Waals surface area (Å²) in [5, 5.41) is 9.09. The van der Waals surface area contributed by atoms with E-state index < -0.39 is 17.9 Å². The number of carboxylic acid groups (broad SMARTS) is 1. The van der Waals surface area contributed by atoms with Gasteiger partial charge < -0.3 is 9.52 Å². The smallest absolute Gasteiger partial charge is 0.350 e. The molecule has 8 heteroatoms. The molecule has 1 aliphatic rings. The number of carboxylic acids is 1. The normalized spacial score (nSPS) is 14.2. The highest BCUT2D eigenvalue weighted by molar-refractivity contribution is 6.46. The van der Waals surface area contributed by atoms with E-state index >= 15 is 0 Å². The highest BCUT2D eigenvalue weighted by Crippen LogP contribution is 2.28. The van der Waals surface area contributed by atoms with Crippen LogP contribution in [0.3, 0.4) is 0 Å². The minimum absolute atomic E-state index is 0.00118. The molecule has 0 aliphatic carbocycles. The van der Waals surface area contributed by atoms with Gasteiger partial charge in [-0.3, -0.25) is 9.69 Å². The van der Waals surface area contributed by atoms with Gasteiger partial charge in [-0.25, -0.2) is 9.59 Å². The maximum absolute atomic E-state index is 12.0. The summed E-state index contributed by atoms with van der Waals surface area (Å²) in [5.74, 6) is -0.594. The number of nitrogens with zero attached hydrogens (tertiary/aromatic N) is 2. The van der Waals surface area contributed by atoms with Crippen LogP contribution < -0.4 is 0 Å². The van der Waals surface area contributed by atoms with Gasteiger partial charge in [0.15, 0.2) is 0 Å². The minimum Gasteiger partial charge on any atom is -0.478 e. The predicted octanol–water partition coefficient (Wildman–Crippen LogP) is 3.26. The van der Waals surface area contributed by atoms with Crippen LogP contribution >= 0.6 is 11.6 Å². The Morgan fingerprint density at radius 1 is 1.28 bits per heavy atom. The quantitative estimate of drug-likeness (QED) is 0.881. The molecule has 0 fully saturated rings. The van der Waals surface area contributed by atoms with Crippen LogP contribution in [0.2, 0.25) is 5.02 Å². The summed E-state index contributed by atoms with van der Waals surface area (Å²) in [4.78, 5) is 39.4. The molecule has 25 heavy (non-hydrogen) atoms. The molecule has 1 N–H and O–H groups in total. The van der Waals surface area contributed by atoms with Crippen molar-refractivity contribution in [1.29, 1.82) is 0 Å². The summed E-state index contributed by atoms with van der Waals surface area (Å²) in [6.07, 6.45) is 0.0992. The van der Waals surface area contributed by atoms with Crippen LogP contribution in [0.25, 0.3) is 11.3 Å². The predicted molar refractivity (Wildman–Crippen MR) is 90.0 cm³/mol. The van der Waals surface area contributed by atoms with Crippen molar-refractivity contribution in [2.45, 2.75) is 13.3 Å². The fourth-order valence-electron chi connectivity index (χ4n) is 2.50. The Bertz CT molecular complexity index is 916. The molecule has 0 unspecified atom stereocenters. The van der Waals surface area contributed by atoms with Crippen molar-refractivity contribution in [2.75, 3.05) is 6.54 Å². The number of carbonyl (C=O) groups excluding carboxylic acids is 2. The third kappa shape index (κ3) is 3.18. The second-order valence-electron chi connectivity index (χ2n) is 5.33. The highest BCUT2D eigenvalue weighted by Gasteiger charge is 2.32. The van der Waals surface area contributed by atoms with E-state index in [9.17, 15) is 14.4 Å². The number of urea groups is 1. The molecule has 0 saturated heterocycles. The Hall–Kier alpha value is -2.93. The first-order valence-corrected chi connectivity index (χ1v) is 7.83. The first-order valence-electron chi connectivity index (χ1n) is 7.46. The van der Waals surface area contributed by atoms with E-state index in [0.29, 0.717) is 17.1 Å². The molecule has 3 amide bonds. The molecule has 0 spiro atoms. The zero-order valence-electron chi connectivity index (χ0n) is 13.2. The number of hydrogen-bond donors (Lipinski definition) is 1. The van der Waals surface area contributed by atoms with Gasteiger partial charge in [-0.1, -0.05) is 17.7 Å². The molecular formula is C17H13ClN2O5. The lowest BCUT2D eigenvalue weighted by Gasteiger charge is -2.08. The summed E-state index contributed by atoms with van der Waals surface area (Å²) in [7, 11) is 0. The number of furan rings is 1. The van der Waals surface area contributed by atoms with Gasteiger partial charge in [0.1, 0.15) is 17.2 Å². The fourth-order valence-corrected chi connectivity index (χ4v) is 2.76. The number of aliphatic imine (C=N–C) groups is 1. The summed E-state index contributed by atoms with van der Waals surface area (Å²) < 4.78 is 5.67. The molecule has 7 nitrogen and oxygen atoms in total. The van der Waals surface area contributed by atoms with Gasteiger partial charge in [0.2, 0.25) is 0 Å². The lowest BCUT2D eigenvalue weighted by Crippen LogP contribution is -2.32. The van der Waals surface area contributed by atoms with Crippen LogP contribution in [0.15, 0.2) is 39.7 Å². The summed E-state index contributed by atoms with van der Waals surface area (Å²) >= 11 is 5.96. The highest BCUT2D eigenvalue weighted by atomic mass is 35.5. The summed E-state index contributed by atoms with van der Waals surface area (Å²) in [5.41, 5.74) is 0.737. The lowest BCUT2D eigenvalue weighted by atomic mass is 10.1. The third-order valence-corrected chi connectivity index (χ3v) is 4.07. The Balaban J connectivity index is 1.81. The van der Waals surface area contributed by atoms with Crippen LogP contribution in [-0.2, 0) is 11.2 Å². The molecule has 2 aromatic rings. The molecular weight excluding hydrogens is 348 g/mol. The van der Waals surface area contributed by atoms with Gasteiger partial charge in [-0.05, 0) is 31.2 Å². The van der Waals surface area contributed by atoms with E-state index in [2.05, 4.69) is 4.99 Å². The number of benzene rings is 1. The number of halogens is 1. The van der Waals surface area contributed by atoms with E-state index in [1.54, 1.807) is 25.1 Å². The first kappa shape index (κ1) is 16.9. The van der Waals surface area contributed by atoms with Gasteiger partial charge in [0.05, 0.1) is 17.0 Å². The molecule has 1 aromatic heterocycles. The Labute approximate surface area is 147 Å². The Morgan fingerprint density at radius 2 is 2.04 bits per heavy atom. The standard InChI is InChI=1S/C17H13ClN2O5/c1-2-20-15(21)13(19-17(20)24)8-10-4-6-14(25-10)9-3-5-11(16(22)23)12(18)7-9/h3-7H,2,8H2,1H3,(H,22,23). The fraction of sp³-hybridized carbons (Fsp3) is 0.176. The van der Waals surface area contributed by atoms with Crippen LogP contribution in [0.5, 0.6) is 0 Å². The van der Waals surface area contributed by atoms with Crippen molar-refractivity contribution in [1.82, 2.24) is 4.90 Å². The molecule has 0 bridgehead atoms. The Morgan fingerprint density at radius 3 is 2.64 bits per heavy atom. The average molecular weight is 361 g/mol. The maximum atomic E-state index is 12.0. The van der Waals surface area contributed by atoms with Crippen molar-refractivity contribution < 1.29 is 23.9 Å². The third-order valence-electron chi connectivity index (χ3n) is 3.76. The number of hydrogen-bond acceptors (Lipinski definition) is 4. The van der Waals surface area contributed by atoms with Gasteiger partial charge >= 0.3 is 12.0 Å². The summed E-state index contributed by atoms with van der Waals surface area (Å²) in [6.45, 7) is 1.96. The van der Waals surface area contributed by atoms with E-state index in [1.807, 2.05) is 0 Å². The van der Waals surface area contributed by atoms with E-state index in [1.165, 1.54) is 12.1 Å². The van der Waals surface area contributed by atoms with Gasteiger partial charge in [-0.15, -0.1) is 0 Å². The zero-order valence-corrected chi connectivity index (χ0v) is 13.9.